The Morgan fingerprint density at radius 3 is 2.26 bits per heavy atom. The topological polar surface area (TPSA) is 21.7 Å². The predicted octanol–water partition coefficient (Wildman–Crippen LogP) is 4.50. The summed E-state index contributed by atoms with van der Waals surface area (Å²) in [6.07, 6.45) is 6.01. The van der Waals surface area contributed by atoms with Crippen molar-refractivity contribution in [3.8, 4) is 5.75 Å². The van der Waals surface area contributed by atoms with Gasteiger partial charge in [-0.3, -0.25) is 4.90 Å². The number of ether oxygens (including phenoxy) is 2. The maximum absolute atomic E-state index is 6.09. The highest BCUT2D eigenvalue weighted by molar-refractivity contribution is 5.27. The van der Waals surface area contributed by atoms with Crippen LogP contribution in [-0.2, 0) is 11.3 Å². The molecule has 1 unspecified atom stereocenters. The first kappa shape index (κ1) is 18.3. The van der Waals surface area contributed by atoms with Gasteiger partial charge in [-0.05, 0) is 43.5 Å². The van der Waals surface area contributed by atoms with Gasteiger partial charge in [-0.2, -0.15) is 0 Å². The Hall–Kier alpha value is -1.06. The van der Waals surface area contributed by atoms with Crippen LogP contribution in [0, 0.1) is 5.92 Å². The number of benzene rings is 1. The lowest BCUT2D eigenvalue weighted by molar-refractivity contribution is -0.0692. The number of nitrogens with zero attached hydrogens (tertiary/aromatic N) is 1. The van der Waals surface area contributed by atoms with Crippen LogP contribution in [0.4, 0.5) is 0 Å². The summed E-state index contributed by atoms with van der Waals surface area (Å²) < 4.78 is 11.3. The highest BCUT2D eigenvalue weighted by atomic mass is 16.5. The molecule has 0 N–H and O–H groups in total. The molecule has 1 aliphatic rings. The quantitative estimate of drug-likeness (QED) is 0.669. The van der Waals surface area contributed by atoms with Gasteiger partial charge in [0.05, 0.1) is 12.7 Å². The maximum atomic E-state index is 6.09. The van der Waals surface area contributed by atoms with Crippen LogP contribution in [0.3, 0.4) is 0 Å². The van der Waals surface area contributed by atoms with Gasteiger partial charge < -0.3 is 9.47 Å². The zero-order chi connectivity index (χ0) is 16.7. The van der Waals surface area contributed by atoms with Gasteiger partial charge in [0.25, 0.3) is 0 Å². The molecule has 1 fully saturated rings. The smallest absolute Gasteiger partial charge is 0.118 e. The van der Waals surface area contributed by atoms with Crippen molar-refractivity contribution in [2.45, 2.75) is 58.1 Å². The van der Waals surface area contributed by atoms with E-state index >= 15 is 0 Å². The number of hydrogen-bond acceptors (Lipinski definition) is 3. The van der Waals surface area contributed by atoms with Gasteiger partial charge in [-0.15, -0.1) is 0 Å². The molecule has 0 saturated carbocycles. The summed E-state index contributed by atoms with van der Waals surface area (Å²) >= 11 is 0. The standard InChI is InChI=1S/C20H33NO2/c1-5-12-20(23-4,13-6-2)18-11-14-21(16-18)15-17-7-9-19(22-3)10-8-17/h7-10,18H,5-6,11-16H2,1-4H3. The van der Waals surface area contributed by atoms with Crippen LogP contribution < -0.4 is 4.74 Å². The molecule has 0 radical (unpaired) electrons. The van der Waals surface area contributed by atoms with E-state index in [1.807, 2.05) is 7.11 Å². The van der Waals surface area contributed by atoms with E-state index in [2.05, 4.69) is 43.0 Å². The number of likely N-dealkylation sites (tertiary alicyclic amines) is 1. The summed E-state index contributed by atoms with van der Waals surface area (Å²) in [5.41, 5.74) is 1.44. The van der Waals surface area contributed by atoms with Gasteiger partial charge in [0, 0.05) is 26.1 Å². The highest BCUT2D eigenvalue weighted by Gasteiger charge is 2.41. The van der Waals surface area contributed by atoms with E-state index in [4.69, 9.17) is 9.47 Å². The first-order chi connectivity index (χ1) is 11.2. The summed E-state index contributed by atoms with van der Waals surface area (Å²) in [7, 11) is 3.63. The van der Waals surface area contributed by atoms with Crippen LogP contribution >= 0.6 is 0 Å². The second-order valence-electron chi connectivity index (χ2n) is 6.84. The number of rotatable bonds is 9. The van der Waals surface area contributed by atoms with Gasteiger partial charge in [-0.25, -0.2) is 0 Å². The van der Waals surface area contributed by atoms with Crippen molar-refractivity contribution in [1.29, 1.82) is 0 Å². The van der Waals surface area contributed by atoms with E-state index in [-0.39, 0.29) is 5.60 Å². The monoisotopic (exact) mass is 319 g/mol. The molecule has 1 aliphatic heterocycles. The van der Waals surface area contributed by atoms with E-state index in [0.29, 0.717) is 5.92 Å². The van der Waals surface area contributed by atoms with Gasteiger partial charge in [-0.1, -0.05) is 38.8 Å². The summed E-state index contributed by atoms with van der Waals surface area (Å²) in [4.78, 5) is 2.57. The predicted molar refractivity (Wildman–Crippen MR) is 95.9 cm³/mol. The molecule has 1 saturated heterocycles. The molecule has 1 aromatic carbocycles. The Morgan fingerprint density at radius 1 is 1.09 bits per heavy atom. The zero-order valence-electron chi connectivity index (χ0n) is 15.3. The molecule has 0 aliphatic carbocycles. The molecule has 3 heteroatoms. The van der Waals surface area contributed by atoms with Crippen molar-refractivity contribution in [2.75, 3.05) is 27.3 Å². The minimum atomic E-state index is 0.0815. The zero-order valence-corrected chi connectivity index (χ0v) is 15.3. The summed E-state index contributed by atoms with van der Waals surface area (Å²) in [5.74, 6) is 1.59. The van der Waals surface area contributed by atoms with Crippen molar-refractivity contribution in [1.82, 2.24) is 4.90 Å². The van der Waals surface area contributed by atoms with E-state index in [1.165, 1.54) is 44.2 Å². The van der Waals surface area contributed by atoms with Crippen molar-refractivity contribution in [2.24, 2.45) is 5.92 Å². The Bertz CT molecular complexity index is 451. The largest absolute Gasteiger partial charge is 0.497 e. The van der Waals surface area contributed by atoms with Crippen molar-refractivity contribution in [3.63, 3.8) is 0 Å². The summed E-state index contributed by atoms with van der Waals surface area (Å²) in [5, 5.41) is 0. The van der Waals surface area contributed by atoms with Crippen molar-refractivity contribution in [3.05, 3.63) is 29.8 Å². The van der Waals surface area contributed by atoms with Crippen LogP contribution in [0.5, 0.6) is 5.75 Å². The van der Waals surface area contributed by atoms with Gasteiger partial charge in [0.15, 0.2) is 0 Å². The lowest BCUT2D eigenvalue weighted by Crippen LogP contribution is -2.41. The molecule has 130 valence electrons. The van der Waals surface area contributed by atoms with E-state index < -0.39 is 0 Å². The van der Waals surface area contributed by atoms with Gasteiger partial charge in [0.1, 0.15) is 5.75 Å². The Kier molecular flexibility index (Phi) is 6.91. The van der Waals surface area contributed by atoms with Gasteiger partial charge in [0.2, 0.25) is 0 Å². The average Bonchev–Trinajstić information content (AvgIpc) is 3.04. The molecule has 0 spiro atoms. The lowest BCUT2D eigenvalue weighted by atomic mass is 9.79. The number of hydrogen-bond donors (Lipinski definition) is 0. The second kappa shape index (κ2) is 8.70. The van der Waals surface area contributed by atoms with Crippen molar-refractivity contribution >= 4 is 0 Å². The molecule has 23 heavy (non-hydrogen) atoms. The highest BCUT2D eigenvalue weighted by Crippen LogP contribution is 2.38. The van der Waals surface area contributed by atoms with E-state index in [9.17, 15) is 0 Å². The Labute approximate surface area is 142 Å². The average molecular weight is 319 g/mol. The molecular formula is C20H33NO2. The summed E-state index contributed by atoms with van der Waals surface area (Å²) in [6, 6.07) is 8.45. The molecule has 1 atom stereocenters. The van der Waals surface area contributed by atoms with Crippen LogP contribution in [0.15, 0.2) is 24.3 Å². The second-order valence-corrected chi connectivity index (χ2v) is 6.84. The molecule has 0 bridgehead atoms. The third-order valence-corrected chi connectivity index (χ3v) is 5.33. The molecule has 1 aromatic rings. The third-order valence-electron chi connectivity index (χ3n) is 5.33. The minimum Gasteiger partial charge on any atom is -0.497 e. The summed E-state index contributed by atoms with van der Waals surface area (Å²) in [6.45, 7) is 7.90. The molecule has 1 heterocycles. The third kappa shape index (κ3) is 4.48. The van der Waals surface area contributed by atoms with Crippen LogP contribution in [-0.4, -0.2) is 37.8 Å². The van der Waals surface area contributed by atoms with Crippen LogP contribution in [0.2, 0.25) is 0 Å². The Balaban J connectivity index is 1.98. The normalized spacial score (nSPS) is 19.2. The molecule has 0 amide bonds. The van der Waals surface area contributed by atoms with Gasteiger partial charge >= 0.3 is 0 Å². The lowest BCUT2D eigenvalue weighted by Gasteiger charge is -2.38. The fraction of sp³-hybridized carbons (Fsp3) is 0.700. The van der Waals surface area contributed by atoms with E-state index in [1.54, 1.807) is 7.11 Å². The molecule has 2 rings (SSSR count). The Morgan fingerprint density at radius 2 is 1.74 bits per heavy atom. The van der Waals surface area contributed by atoms with Crippen molar-refractivity contribution < 1.29 is 9.47 Å². The molecular weight excluding hydrogens is 286 g/mol. The van der Waals surface area contributed by atoms with E-state index in [0.717, 1.165) is 18.8 Å². The number of methoxy groups -OCH3 is 2. The maximum Gasteiger partial charge on any atom is 0.118 e. The first-order valence-electron chi connectivity index (χ1n) is 9.07. The fourth-order valence-electron chi connectivity index (χ4n) is 4.15. The van der Waals surface area contributed by atoms with Crippen LogP contribution in [0.1, 0.15) is 51.5 Å². The molecule has 0 aromatic heterocycles. The first-order valence-corrected chi connectivity index (χ1v) is 9.07. The fourth-order valence-corrected chi connectivity index (χ4v) is 4.15. The molecule has 3 nitrogen and oxygen atoms in total. The minimum absolute atomic E-state index is 0.0815. The van der Waals surface area contributed by atoms with Crippen LogP contribution in [0.25, 0.3) is 0 Å². The SMILES string of the molecule is CCCC(CCC)(OC)C1CCN(Cc2ccc(OC)cc2)C1.